The summed E-state index contributed by atoms with van der Waals surface area (Å²) in [7, 11) is 0. The van der Waals surface area contributed by atoms with Crippen molar-refractivity contribution in [3.05, 3.63) is 23.8 Å². The first-order valence-electron chi connectivity index (χ1n) is 8.60. The Hall–Kier alpha value is -0.850. The lowest BCUT2D eigenvalue weighted by Gasteiger charge is -2.58. The SMILES string of the molecule is C=C1CCC2C(C)(C)CCCC2(C)C1CC/C(C)=C\C=O. The van der Waals surface area contributed by atoms with E-state index >= 15 is 0 Å². The molecule has 1 heteroatoms. The summed E-state index contributed by atoms with van der Waals surface area (Å²) in [6.07, 6.45) is 11.4. The van der Waals surface area contributed by atoms with E-state index in [1.54, 1.807) is 6.08 Å². The molecule has 0 saturated heterocycles. The van der Waals surface area contributed by atoms with Crippen LogP contribution >= 0.6 is 0 Å². The first kappa shape index (κ1) is 16.5. The van der Waals surface area contributed by atoms with Crippen LogP contribution in [0, 0.1) is 22.7 Å². The standard InChI is InChI=1S/C20H32O/c1-15(11-14-21)7-9-17-16(2)8-10-18-19(3,4)12-6-13-20(17,18)5/h11,14,17-18H,2,6-10,12-13H2,1,3-5H3/b15-11-. The van der Waals surface area contributed by atoms with E-state index in [9.17, 15) is 4.79 Å². The van der Waals surface area contributed by atoms with Gasteiger partial charge in [0.2, 0.25) is 0 Å². The van der Waals surface area contributed by atoms with Crippen LogP contribution in [0.4, 0.5) is 0 Å². The first-order valence-corrected chi connectivity index (χ1v) is 8.60. The monoisotopic (exact) mass is 288 g/mol. The number of fused-ring (bicyclic) bond motifs is 1. The fourth-order valence-corrected chi connectivity index (χ4v) is 5.38. The third-order valence-electron chi connectivity index (χ3n) is 6.50. The molecular formula is C20H32O. The average molecular weight is 288 g/mol. The topological polar surface area (TPSA) is 17.1 Å². The lowest BCUT2D eigenvalue weighted by molar-refractivity contribution is -0.104. The highest BCUT2D eigenvalue weighted by molar-refractivity contribution is 5.65. The average Bonchev–Trinajstić information content (AvgIpc) is 2.37. The van der Waals surface area contributed by atoms with Crippen molar-refractivity contribution in [3.63, 3.8) is 0 Å². The summed E-state index contributed by atoms with van der Waals surface area (Å²) in [5, 5.41) is 0. The molecule has 21 heavy (non-hydrogen) atoms. The number of carbonyl (C=O) groups is 1. The molecule has 2 fully saturated rings. The summed E-state index contributed by atoms with van der Waals surface area (Å²) in [4.78, 5) is 10.6. The smallest absolute Gasteiger partial charge is 0.142 e. The molecule has 3 atom stereocenters. The van der Waals surface area contributed by atoms with Crippen LogP contribution in [0.5, 0.6) is 0 Å². The van der Waals surface area contributed by atoms with Gasteiger partial charge in [0.1, 0.15) is 6.29 Å². The fraction of sp³-hybridized carbons (Fsp3) is 0.750. The molecule has 0 heterocycles. The summed E-state index contributed by atoms with van der Waals surface area (Å²) in [5.74, 6) is 1.45. The largest absolute Gasteiger partial charge is 0.299 e. The molecule has 1 nitrogen and oxygen atoms in total. The minimum Gasteiger partial charge on any atom is -0.299 e. The second kappa shape index (κ2) is 6.10. The van der Waals surface area contributed by atoms with E-state index in [0.29, 0.717) is 16.7 Å². The third-order valence-corrected chi connectivity index (χ3v) is 6.50. The molecule has 0 amide bonds. The number of carbonyl (C=O) groups excluding carboxylic acids is 1. The minimum atomic E-state index is 0.415. The molecule has 0 aromatic heterocycles. The van der Waals surface area contributed by atoms with E-state index in [-0.39, 0.29) is 0 Å². The molecule has 0 aliphatic heterocycles. The molecule has 2 aliphatic rings. The molecule has 0 bridgehead atoms. The van der Waals surface area contributed by atoms with Gasteiger partial charge >= 0.3 is 0 Å². The Kier molecular flexibility index (Phi) is 4.80. The summed E-state index contributed by atoms with van der Waals surface area (Å²) >= 11 is 0. The highest BCUT2D eigenvalue weighted by atomic mass is 16.1. The van der Waals surface area contributed by atoms with E-state index < -0.39 is 0 Å². The zero-order valence-corrected chi connectivity index (χ0v) is 14.4. The first-order chi connectivity index (χ1) is 9.81. The van der Waals surface area contributed by atoms with Crippen molar-refractivity contribution in [2.24, 2.45) is 22.7 Å². The van der Waals surface area contributed by atoms with Crippen LogP contribution in [0.3, 0.4) is 0 Å². The predicted molar refractivity (Wildman–Crippen MR) is 90.1 cm³/mol. The predicted octanol–water partition coefficient (Wildman–Crippen LogP) is 5.71. The van der Waals surface area contributed by atoms with Gasteiger partial charge in [0, 0.05) is 0 Å². The van der Waals surface area contributed by atoms with Crippen molar-refractivity contribution in [1.82, 2.24) is 0 Å². The number of hydrogen-bond donors (Lipinski definition) is 0. The molecule has 3 unspecified atom stereocenters. The van der Waals surface area contributed by atoms with Crippen LogP contribution in [0.1, 0.15) is 72.6 Å². The van der Waals surface area contributed by atoms with Gasteiger partial charge in [-0.1, -0.05) is 44.9 Å². The van der Waals surface area contributed by atoms with Crippen molar-refractivity contribution in [2.75, 3.05) is 0 Å². The number of allylic oxidation sites excluding steroid dienone is 3. The fourth-order valence-electron chi connectivity index (χ4n) is 5.38. The zero-order valence-electron chi connectivity index (χ0n) is 14.4. The van der Waals surface area contributed by atoms with Gasteiger partial charge in [-0.3, -0.25) is 4.79 Å². The summed E-state index contributed by atoms with van der Waals surface area (Å²) in [6.45, 7) is 13.9. The Morgan fingerprint density at radius 1 is 1.33 bits per heavy atom. The molecular weight excluding hydrogens is 256 g/mol. The second-order valence-electron chi connectivity index (χ2n) is 8.34. The molecule has 0 spiro atoms. The summed E-state index contributed by atoms with van der Waals surface area (Å²) in [6, 6.07) is 0. The Labute approximate surface area is 130 Å². The van der Waals surface area contributed by atoms with Crippen LogP contribution in [-0.4, -0.2) is 6.29 Å². The Morgan fingerprint density at radius 3 is 2.71 bits per heavy atom. The van der Waals surface area contributed by atoms with Crippen LogP contribution in [0.25, 0.3) is 0 Å². The summed E-state index contributed by atoms with van der Waals surface area (Å²) < 4.78 is 0. The highest BCUT2D eigenvalue weighted by Crippen LogP contribution is 2.61. The van der Waals surface area contributed by atoms with Crippen molar-refractivity contribution < 1.29 is 4.79 Å². The maximum atomic E-state index is 10.6. The van der Waals surface area contributed by atoms with Crippen LogP contribution < -0.4 is 0 Å². The Bertz CT molecular complexity index is 443. The molecule has 0 aromatic carbocycles. The quantitative estimate of drug-likeness (QED) is 0.368. The van der Waals surface area contributed by atoms with Gasteiger partial charge in [0.05, 0.1) is 0 Å². The molecule has 2 rings (SSSR count). The van der Waals surface area contributed by atoms with E-state index in [2.05, 4.69) is 34.3 Å². The van der Waals surface area contributed by atoms with Crippen LogP contribution in [0.15, 0.2) is 23.8 Å². The molecule has 2 saturated carbocycles. The number of hydrogen-bond acceptors (Lipinski definition) is 1. The molecule has 0 aromatic rings. The molecule has 0 N–H and O–H groups in total. The van der Waals surface area contributed by atoms with E-state index in [1.165, 1.54) is 43.3 Å². The van der Waals surface area contributed by atoms with Crippen molar-refractivity contribution >= 4 is 6.29 Å². The van der Waals surface area contributed by atoms with E-state index in [4.69, 9.17) is 0 Å². The maximum absolute atomic E-state index is 10.6. The van der Waals surface area contributed by atoms with Crippen molar-refractivity contribution in [3.8, 4) is 0 Å². The van der Waals surface area contributed by atoms with E-state index in [1.807, 2.05) is 0 Å². The Morgan fingerprint density at radius 2 is 2.05 bits per heavy atom. The maximum Gasteiger partial charge on any atom is 0.142 e. The summed E-state index contributed by atoms with van der Waals surface area (Å²) in [5.41, 5.74) is 3.56. The van der Waals surface area contributed by atoms with Crippen LogP contribution in [0.2, 0.25) is 0 Å². The lowest BCUT2D eigenvalue weighted by Crippen LogP contribution is -2.49. The number of rotatable bonds is 4. The lowest BCUT2D eigenvalue weighted by atomic mass is 9.47. The van der Waals surface area contributed by atoms with Gasteiger partial charge in [-0.2, -0.15) is 0 Å². The normalized spacial score (nSPS) is 36.2. The minimum absolute atomic E-state index is 0.415. The van der Waals surface area contributed by atoms with Gasteiger partial charge in [0.15, 0.2) is 0 Å². The molecule has 118 valence electrons. The van der Waals surface area contributed by atoms with Crippen molar-refractivity contribution in [1.29, 1.82) is 0 Å². The van der Waals surface area contributed by atoms with Gasteiger partial charge in [0.25, 0.3) is 0 Å². The van der Waals surface area contributed by atoms with Crippen molar-refractivity contribution in [2.45, 2.75) is 72.6 Å². The highest BCUT2D eigenvalue weighted by Gasteiger charge is 2.52. The van der Waals surface area contributed by atoms with Gasteiger partial charge in [-0.15, -0.1) is 0 Å². The van der Waals surface area contributed by atoms with Gasteiger partial charge in [-0.05, 0) is 74.2 Å². The molecule has 2 aliphatic carbocycles. The third kappa shape index (κ3) is 3.17. The van der Waals surface area contributed by atoms with Gasteiger partial charge < -0.3 is 0 Å². The molecule has 0 radical (unpaired) electrons. The zero-order chi connectivity index (χ0) is 15.7. The second-order valence-corrected chi connectivity index (χ2v) is 8.34. The van der Waals surface area contributed by atoms with Gasteiger partial charge in [-0.25, -0.2) is 0 Å². The number of aldehydes is 1. The Balaban J connectivity index is 2.19. The van der Waals surface area contributed by atoms with E-state index in [0.717, 1.165) is 25.0 Å². The van der Waals surface area contributed by atoms with Crippen LogP contribution in [-0.2, 0) is 4.79 Å².